The summed E-state index contributed by atoms with van der Waals surface area (Å²) in [7, 11) is -4.24. The van der Waals surface area contributed by atoms with Gasteiger partial charge in [-0.2, -0.15) is 0 Å². The van der Waals surface area contributed by atoms with E-state index in [-0.39, 0.29) is 32.3 Å². The SMILES string of the molecule is CCCCCCCC/C=C\CCCCCCCCO[C@H](COC(=O)CCCCCCC/C=C\CCCCCCCC)COP(=O)(O)OCCN. The molecule has 3 N–H and O–H groups in total. The second-order valence-corrected chi connectivity index (χ2v) is 15.3. The van der Waals surface area contributed by atoms with Crippen molar-refractivity contribution in [1.82, 2.24) is 0 Å². The topological polar surface area (TPSA) is 117 Å². The van der Waals surface area contributed by atoms with Crippen LogP contribution >= 0.6 is 7.82 Å². The van der Waals surface area contributed by atoms with Gasteiger partial charge in [-0.15, -0.1) is 0 Å². The fourth-order valence-electron chi connectivity index (χ4n) is 5.72. The molecule has 0 rings (SSSR count). The quantitative estimate of drug-likeness (QED) is 0.0277. The second kappa shape index (κ2) is 39.2. The molecule has 0 saturated carbocycles. The molecular formula is C41H80NO7P. The summed E-state index contributed by atoms with van der Waals surface area (Å²) in [5, 5.41) is 0. The van der Waals surface area contributed by atoms with E-state index in [2.05, 4.69) is 38.2 Å². The van der Waals surface area contributed by atoms with Crippen LogP contribution in [0.1, 0.15) is 194 Å². The predicted octanol–water partition coefficient (Wildman–Crippen LogP) is 12.1. The fourth-order valence-corrected chi connectivity index (χ4v) is 6.49. The molecule has 50 heavy (non-hydrogen) atoms. The molecule has 0 aromatic carbocycles. The zero-order chi connectivity index (χ0) is 36.6. The van der Waals surface area contributed by atoms with Crippen molar-refractivity contribution >= 4 is 13.8 Å². The average Bonchev–Trinajstić information content (AvgIpc) is 3.11. The number of phosphoric ester groups is 1. The first-order valence-corrected chi connectivity index (χ1v) is 22.3. The maximum Gasteiger partial charge on any atom is 0.472 e. The highest BCUT2D eigenvalue weighted by molar-refractivity contribution is 7.47. The molecule has 8 nitrogen and oxygen atoms in total. The first kappa shape index (κ1) is 49.0. The van der Waals surface area contributed by atoms with E-state index in [0.717, 1.165) is 44.9 Å². The van der Waals surface area contributed by atoms with Crippen LogP contribution < -0.4 is 5.73 Å². The van der Waals surface area contributed by atoms with E-state index in [1.165, 1.54) is 128 Å². The van der Waals surface area contributed by atoms with Gasteiger partial charge in [0.1, 0.15) is 12.7 Å². The van der Waals surface area contributed by atoms with Gasteiger partial charge in [-0.1, -0.05) is 147 Å². The van der Waals surface area contributed by atoms with Crippen LogP contribution in [0.25, 0.3) is 0 Å². The van der Waals surface area contributed by atoms with Gasteiger partial charge in [-0.05, 0) is 64.2 Å². The predicted molar refractivity (Wildman–Crippen MR) is 210 cm³/mol. The normalized spacial score (nSPS) is 13.8. The number of hydrogen-bond acceptors (Lipinski definition) is 7. The van der Waals surface area contributed by atoms with Gasteiger partial charge in [-0.25, -0.2) is 4.57 Å². The van der Waals surface area contributed by atoms with Crippen LogP contribution in [0.2, 0.25) is 0 Å². The van der Waals surface area contributed by atoms with E-state index in [0.29, 0.717) is 13.0 Å². The molecule has 0 spiro atoms. The number of ether oxygens (including phenoxy) is 2. The summed E-state index contributed by atoms with van der Waals surface area (Å²) in [5.74, 6) is -0.278. The van der Waals surface area contributed by atoms with Gasteiger partial charge in [0, 0.05) is 19.6 Å². The third-order valence-electron chi connectivity index (χ3n) is 8.88. The standard InChI is InChI=1S/C41H80NO7P/c1-3-5-7-9-11-13-15-17-19-21-23-25-27-29-31-33-36-46-40(39-49-50(44,45)48-37-35-42)38-47-41(43)34-32-30-28-26-24-22-20-18-16-14-12-10-8-6-4-2/h17-20,40H,3-16,21-39,42H2,1-2H3,(H,44,45)/b19-17-,20-18-/t40-/m1/s1. The number of hydrogen-bond donors (Lipinski definition) is 2. The molecule has 0 aromatic rings. The summed E-state index contributed by atoms with van der Waals surface area (Å²) in [6.07, 6.45) is 42.0. The Labute approximate surface area is 308 Å². The summed E-state index contributed by atoms with van der Waals surface area (Å²) < 4.78 is 33.4. The Morgan fingerprint density at radius 2 is 1.00 bits per heavy atom. The molecule has 0 fully saturated rings. The molecule has 0 aliphatic rings. The highest BCUT2D eigenvalue weighted by Crippen LogP contribution is 2.43. The largest absolute Gasteiger partial charge is 0.472 e. The van der Waals surface area contributed by atoms with Gasteiger partial charge in [0.25, 0.3) is 0 Å². The van der Waals surface area contributed by atoms with Crippen LogP contribution in [0, 0.1) is 0 Å². The smallest absolute Gasteiger partial charge is 0.463 e. The van der Waals surface area contributed by atoms with Gasteiger partial charge in [0.15, 0.2) is 0 Å². The summed E-state index contributed by atoms with van der Waals surface area (Å²) in [6.45, 7) is 4.79. The second-order valence-electron chi connectivity index (χ2n) is 13.8. The molecule has 296 valence electrons. The summed E-state index contributed by atoms with van der Waals surface area (Å²) >= 11 is 0. The number of unbranched alkanes of at least 4 members (excludes halogenated alkanes) is 23. The van der Waals surface area contributed by atoms with Crippen LogP contribution in [0.15, 0.2) is 24.3 Å². The molecule has 0 radical (unpaired) electrons. The minimum Gasteiger partial charge on any atom is -0.463 e. The van der Waals surface area contributed by atoms with E-state index >= 15 is 0 Å². The number of esters is 1. The minimum absolute atomic E-state index is 0.0207. The monoisotopic (exact) mass is 730 g/mol. The average molecular weight is 730 g/mol. The Morgan fingerprint density at radius 1 is 0.580 bits per heavy atom. The van der Waals surface area contributed by atoms with Crippen molar-refractivity contribution in [2.24, 2.45) is 5.73 Å². The first-order chi connectivity index (χ1) is 24.4. The van der Waals surface area contributed by atoms with Crippen molar-refractivity contribution in [3.63, 3.8) is 0 Å². The lowest BCUT2D eigenvalue weighted by Crippen LogP contribution is -2.27. The number of carbonyl (C=O) groups is 1. The lowest BCUT2D eigenvalue weighted by atomic mass is 10.1. The van der Waals surface area contributed by atoms with Gasteiger partial charge in [0.05, 0.1) is 13.2 Å². The van der Waals surface area contributed by atoms with Crippen molar-refractivity contribution in [1.29, 1.82) is 0 Å². The molecule has 9 heteroatoms. The Kier molecular flexibility index (Phi) is 38.4. The number of rotatable bonds is 40. The number of nitrogens with two attached hydrogens (primary N) is 1. The number of allylic oxidation sites excluding steroid dienone is 4. The Hall–Kier alpha value is -1.02. The lowest BCUT2D eigenvalue weighted by Gasteiger charge is -2.20. The van der Waals surface area contributed by atoms with E-state index in [1.54, 1.807) is 0 Å². The highest BCUT2D eigenvalue weighted by Gasteiger charge is 2.24. The third kappa shape index (κ3) is 38.2. The van der Waals surface area contributed by atoms with Crippen LogP contribution in [-0.4, -0.2) is 49.9 Å². The van der Waals surface area contributed by atoms with Crippen LogP contribution in [-0.2, 0) is 27.9 Å². The zero-order valence-corrected chi connectivity index (χ0v) is 33.5. The van der Waals surface area contributed by atoms with Crippen molar-refractivity contribution in [2.45, 2.75) is 200 Å². The summed E-state index contributed by atoms with van der Waals surface area (Å²) in [5.41, 5.74) is 5.36. The van der Waals surface area contributed by atoms with Crippen molar-refractivity contribution < 1.29 is 32.8 Å². The van der Waals surface area contributed by atoms with Gasteiger partial charge in [-0.3, -0.25) is 13.8 Å². The Bertz CT molecular complexity index is 823. The maximum atomic E-state index is 12.4. The van der Waals surface area contributed by atoms with E-state index in [1.807, 2.05) is 0 Å². The molecule has 0 aliphatic heterocycles. The molecule has 0 aliphatic carbocycles. The molecular weight excluding hydrogens is 649 g/mol. The zero-order valence-electron chi connectivity index (χ0n) is 32.6. The van der Waals surface area contributed by atoms with Gasteiger partial charge in [0.2, 0.25) is 0 Å². The Morgan fingerprint density at radius 3 is 1.46 bits per heavy atom. The minimum atomic E-state index is -4.24. The Balaban J connectivity index is 4.06. The third-order valence-corrected chi connectivity index (χ3v) is 9.86. The fraction of sp³-hybridized carbons (Fsp3) is 0.878. The maximum absolute atomic E-state index is 12.4. The van der Waals surface area contributed by atoms with Crippen LogP contribution in [0.5, 0.6) is 0 Å². The van der Waals surface area contributed by atoms with E-state index in [9.17, 15) is 14.3 Å². The molecule has 1 unspecified atom stereocenters. The van der Waals surface area contributed by atoms with Crippen molar-refractivity contribution in [3.05, 3.63) is 24.3 Å². The number of carbonyl (C=O) groups excluding carboxylic acids is 1. The molecule has 0 bridgehead atoms. The van der Waals surface area contributed by atoms with Crippen molar-refractivity contribution in [3.8, 4) is 0 Å². The van der Waals surface area contributed by atoms with E-state index < -0.39 is 13.9 Å². The van der Waals surface area contributed by atoms with Crippen LogP contribution in [0.4, 0.5) is 0 Å². The van der Waals surface area contributed by atoms with Crippen LogP contribution in [0.3, 0.4) is 0 Å². The number of phosphoric acid groups is 1. The molecule has 0 aromatic heterocycles. The van der Waals surface area contributed by atoms with Gasteiger partial charge < -0.3 is 20.1 Å². The highest BCUT2D eigenvalue weighted by atomic mass is 31.2. The molecule has 0 amide bonds. The first-order valence-electron chi connectivity index (χ1n) is 20.8. The lowest BCUT2D eigenvalue weighted by molar-refractivity contribution is -0.149. The molecule has 2 atom stereocenters. The van der Waals surface area contributed by atoms with E-state index in [4.69, 9.17) is 24.3 Å². The summed E-state index contributed by atoms with van der Waals surface area (Å²) in [4.78, 5) is 22.3. The molecule has 0 saturated heterocycles. The van der Waals surface area contributed by atoms with Crippen molar-refractivity contribution in [2.75, 3.05) is 33.0 Å². The molecule has 0 heterocycles. The summed E-state index contributed by atoms with van der Waals surface area (Å²) in [6, 6.07) is 0. The van der Waals surface area contributed by atoms with Gasteiger partial charge >= 0.3 is 13.8 Å².